The van der Waals surface area contributed by atoms with Crippen LogP contribution >= 0.6 is 0 Å². The van der Waals surface area contributed by atoms with Gasteiger partial charge in [0, 0.05) is 5.56 Å². The predicted molar refractivity (Wildman–Crippen MR) is 61.4 cm³/mol. The third-order valence-corrected chi connectivity index (χ3v) is 4.14. The van der Waals surface area contributed by atoms with E-state index in [1.165, 1.54) is 6.07 Å². The fourth-order valence-electron chi connectivity index (χ4n) is 1.55. The largest absolute Gasteiger partial charge is 0.614 e. The van der Waals surface area contributed by atoms with Crippen molar-refractivity contribution in [3.8, 4) is 0 Å². The van der Waals surface area contributed by atoms with Crippen LogP contribution in [0.3, 0.4) is 0 Å². The molecule has 0 bridgehead atoms. The SMILES string of the molecule is [2H]c1ccc(C(=O)N[C@H]2C[S+]([O-])[C@H]2O)c(C)c1. The summed E-state index contributed by atoms with van der Waals surface area (Å²) in [7, 11) is 0. The zero-order chi connectivity index (χ0) is 12.6. The van der Waals surface area contributed by atoms with Crippen LogP contribution in [0.5, 0.6) is 0 Å². The van der Waals surface area contributed by atoms with Crippen molar-refractivity contribution in [1.29, 1.82) is 0 Å². The van der Waals surface area contributed by atoms with Crippen molar-refractivity contribution in [1.82, 2.24) is 5.32 Å². The molecular formula is C11H13NO3S. The summed E-state index contributed by atoms with van der Waals surface area (Å²) in [6.45, 7) is 1.75. The molecule has 2 rings (SSSR count). The second kappa shape index (κ2) is 4.45. The molecule has 1 aromatic carbocycles. The lowest BCUT2D eigenvalue weighted by Gasteiger charge is -2.34. The molecule has 5 heteroatoms. The van der Waals surface area contributed by atoms with Gasteiger partial charge in [-0.1, -0.05) is 18.2 Å². The number of aryl methyl sites for hydroxylation is 1. The standard InChI is InChI=1S/C11H13NO3S/c1-7-4-2-3-5-8(7)10(13)12-9-6-16(15)11(9)14/h2-5,9,11,14H,6H2,1H3,(H,12,13)/t9-,11+,16?/m0/s1/i2D. The highest BCUT2D eigenvalue weighted by molar-refractivity contribution is 7.93. The van der Waals surface area contributed by atoms with Crippen LogP contribution in [0.4, 0.5) is 0 Å². The van der Waals surface area contributed by atoms with Gasteiger partial charge in [0.1, 0.15) is 11.8 Å². The van der Waals surface area contributed by atoms with E-state index in [1.54, 1.807) is 19.1 Å². The van der Waals surface area contributed by atoms with Crippen molar-refractivity contribution in [3.63, 3.8) is 0 Å². The highest BCUT2D eigenvalue weighted by Crippen LogP contribution is 2.19. The van der Waals surface area contributed by atoms with Crippen LogP contribution < -0.4 is 5.32 Å². The summed E-state index contributed by atoms with van der Waals surface area (Å²) in [4.78, 5) is 11.8. The Bertz CT molecular complexity index is 454. The van der Waals surface area contributed by atoms with Crippen LogP contribution in [0.1, 0.15) is 17.3 Å². The molecule has 3 atom stereocenters. The number of carbonyl (C=O) groups excluding carboxylic acids is 1. The number of hydrogen-bond acceptors (Lipinski definition) is 3. The normalized spacial score (nSPS) is 29.2. The first-order valence-electron chi connectivity index (χ1n) is 5.42. The number of carbonyl (C=O) groups is 1. The second-order valence-corrected chi connectivity index (χ2v) is 5.34. The van der Waals surface area contributed by atoms with E-state index in [9.17, 15) is 14.5 Å². The summed E-state index contributed by atoms with van der Waals surface area (Å²) in [5.74, 6) is -0.00842. The molecular weight excluding hydrogens is 226 g/mol. The summed E-state index contributed by atoms with van der Waals surface area (Å²) in [5.41, 5.74) is 0.227. The van der Waals surface area contributed by atoms with Gasteiger partial charge in [0.15, 0.2) is 0 Å². The first kappa shape index (κ1) is 10.1. The molecule has 86 valence electrons. The molecule has 4 nitrogen and oxygen atoms in total. The lowest BCUT2D eigenvalue weighted by Crippen LogP contribution is -2.60. The Morgan fingerprint density at radius 2 is 2.50 bits per heavy atom. The number of nitrogens with one attached hydrogen (secondary N) is 1. The van der Waals surface area contributed by atoms with E-state index in [4.69, 9.17) is 1.37 Å². The first-order valence-corrected chi connectivity index (χ1v) is 6.30. The number of hydrogen-bond donors (Lipinski definition) is 2. The topological polar surface area (TPSA) is 72.4 Å². The molecule has 1 heterocycles. The quantitative estimate of drug-likeness (QED) is 0.724. The first-order chi connectivity index (χ1) is 7.99. The molecule has 1 unspecified atom stereocenters. The van der Waals surface area contributed by atoms with Crippen LogP contribution in [0.15, 0.2) is 24.2 Å². The van der Waals surface area contributed by atoms with E-state index in [-0.39, 0.29) is 5.91 Å². The van der Waals surface area contributed by atoms with Gasteiger partial charge in [-0.2, -0.15) is 0 Å². The second-order valence-electron chi connectivity index (χ2n) is 3.76. The molecule has 0 saturated carbocycles. The minimum Gasteiger partial charge on any atom is -0.614 e. The molecule has 0 spiro atoms. The third-order valence-electron chi connectivity index (χ3n) is 2.59. The maximum absolute atomic E-state index is 11.8. The predicted octanol–water partition coefficient (Wildman–Crippen LogP) is 0.174. The van der Waals surface area contributed by atoms with E-state index in [2.05, 4.69) is 5.32 Å². The number of aliphatic hydroxyl groups is 1. The lowest BCUT2D eigenvalue weighted by atomic mass is 10.1. The Kier molecular flexibility index (Phi) is 2.82. The molecule has 1 amide bonds. The lowest BCUT2D eigenvalue weighted by molar-refractivity contribution is 0.0895. The van der Waals surface area contributed by atoms with Crippen LogP contribution in [0.25, 0.3) is 0 Å². The Balaban J connectivity index is 2.05. The molecule has 0 radical (unpaired) electrons. The zero-order valence-electron chi connectivity index (χ0n) is 9.77. The third kappa shape index (κ3) is 2.07. The van der Waals surface area contributed by atoms with Crippen LogP contribution in [0.2, 0.25) is 0 Å². The van der Waals surface area contributed by atoms with E-state index < -0.39 is 22.7 Å². The molecule has 2 N–H and O–H groups in total. The van der Waals surface area contributed by atoms with Crippen LogP contribution in [0, 0.1) is 6.92 Å². The van der Waals surface area contributed by atoms with Gasteiger partial charge >= 0.3 is 0 Å². The van der Waals surface area contributed by atoms with Crippen LogP contribution in [-0.4, -0.2) is 32.8 Å². The molecule has 1 saturated heterocycles. The van der Waals surface area contributed by atoms with Crippen molar-refractivity contribution >= 4 is 17.1 Å². The fourth-order valence-corrected chi connectivity index (χ4v) is 2.54. The van der Waals surface area contributed by atoms with Crippen molar-refractivity contribution in [2.75, 3.05) is 5.75 Å². The maximum Gasteiger partial charge on any atom is 0.252 e. The summed E-state index contributed by atoms with van der Waals surface area (Å²) >= 11 is -1.24. The number of amides is 1. The van der Waals surface area contributed by atoms with Gasteiger partial charge in [-0.15, -0.1) is 0 Å². The molecule has 0 aromatic heterocycles. The average molecular weight is 240 g/mol. The van der Waals surface area contributed by atoms with Crippen molar-refractivity contribution in [2.24, 2.45) is 0 Å². The molecule has 1 fully saturated rings. The molecule has 0 aliphatic carbocycles. The van der Waals surface area contributed by atoms with E-state index in [0.29, 0.717) is 22.9 Å². The summed E-state index contributed by atoms with van der Waals surface area (Å²) in [5, 5.41) is 12.0. The molecule has 1 aromatic rings. The van der Waals surface area contributed by atoms with Gasteiger partial charge < -0.3 is 15.0 Å². The monoisotopic (exact) mass is 240 g/mol. The van der Waals surface area contributed by atoms with Gasteiger partial charge in [0.2, 0.25) is 5.44 Å². The molecule has 1 aliphatic rings. The Hall–Kier alpha value is -1.04. The average Bonchev–Trinajstić information content (AvgIpc) is 2.28. The van der Waals surface area contributed by atoms with E-state index in [0.717, 1.165) is 0 Å². The zero-order valence-corrected chi connectivity index (χ0v) is 9.58. The van der Waals surface area contributed by atoms with Crippen molar-refractivity contribution in [2.45, 2.75) is 18.4 Å². The van der Waals surface area contributed by atoms with E-state index in [1.807, 2.05) is 0 Å². The van der Waals surface area contributed by atoms with Gasteiger partial charge in [-0.25, -0.2) is 0 Å². The Morgan fingerprint density at radius 3 is 3.06 bits per heavy atom. The van der Waals surface area contributed by atoms with Gasteiger partial charge in [0.05, 0.1) is 1.37 Å². The Morgan fingerprint density at radius 1 is 1.75 bits per heavy atom. The minimum absolute atomic E-state index is 0.294. The van der Waals surface area contributed by atoms with Gasteiger partial charge in [-0.3, -0.25) is 4.79 Å². The summed E-state index contributed by atoms with van der Waals surface area (Å²) < 4.78 is 18.4. The summed E-state index contributed by atoms with van der Waals surface area (Å²) in [6, 6.07) is 4.64. The maximum atomic E-state index is 11.8. The van der Waals surface area contributed by atoms with Crippen molar-refractivity contribution < 1.29 is 15.8 Å². The number of rotatable bonds is 2. The molecule has 1 aliphatic heterocycles. The number of benzene rings is 1. The number of aliphatic hydroxyl groups excluding tert-OH is 1. The van der Waals surface area contributed by atoms with Crippen LogP contribution in [-0.2, 0) is 11.2 Å². The summed E-state index contributed by atoms with van der Waals surface area (Å²) in [6.07, 6.45) is 0. The highest BCUT2D eigenvalue weighted by Gasteiger charge is 2.44. The van der Waals surface area contributed by atoms with Gasteiger partial charge in [0.25, 0.3) is 5.91 Å². The van der Waals surface area contributed by atoms with E-state index >= 15 is 0 Å². The Labute approximate surface area is 98.3 Å². The smallest absolute Gasteiger partial charge is 0.252 e. The van der Waals surface area contributed by atoms with Crippen molar-refractivity contribution in [3.05, 3.63) is 35.4 Å². The highest BCUT2D eigenvalue weighted by atomic mass is 32.2. The van der Waals surface area contributed by atoms with Gasteiger partial charge in [-0.05, 0) is 29.7 Å². The fraction of sp³-hybridized carbons (Fsp3) is 0.364. The molecule has 16 heavy (non-hydrogen) atoms. The minimum atomic E-state index is -1.24.